The van der Waals surface area contributed by atoms with Crippen LogP contribution in [0.25, 0.3) is 0 Å². The van der Waals surface area contributed by atoms with Crippen molar-refractivity contribution in [1.29, 1.82) is 0 Å². The molecule has 3 N–H and O–H groups in total. The molecule has 0 aromatic carbocycles. The fourth-order valence-corrected chi connectivity index (χ4v) is 1.18. The van der Waals surface area contributed by atoms with Crippen LogP contribution in [0.3, 0.4) is 0 Å². The van der Waals surface area contributed by atoms with Gasteiger partial charge in [0.05, 0.1) is 11.6 Å². The summed E-state index contributed by atoms with van der Waals surface area (Å²) in [6.45, 7) is 3.48. The van der Waals surface area contributed by atoms with Crippen LogP contribution in [0, 0.1) is 0 Å². The second-order valence-corrected chi connectivity index (χ2v) is 3.05. The maximum atomic E-state index is 10.8. The summed E-state index contributed by atoms with van der Waals surface area (Å²) in [4.78, 5) is 14.6. The molecule has 0 spiro atoms. The number of carboxylic acid groups (broad SMARTS) is 1. The number of rotatable bonds is 3. The molecule has 1 heterocycles. The Bertz CT molecular complexity index is 379. The van der Waals surface area contributed by atoms with E-state index in [0.717, 1.165) is 0 Å². The summed E-state index contributed by atoms with van der Waals surface area (Å²) in [6, 6.07) is 0.716. The van der Waals surface area contributed by atoms with E-state index >= 15 is 0 Å². The first-order valence-electron chi connectivity index (χ1n) is 3.83. The van der Waals surface area contributed by atoms with Crippen molar-refractivity contribution in [3.63, 3.8) is 0 Å². The highest BCUT2D eigenvalue weighted by molar-refractivity contribution is 6.29. The normalized spacial score (nSPS) is 12.1. The van der Waals surface area contributed by atoms with Gasteiger partial charge in [-0.25, -0.2) is 9.78 Å². The van der Waals surface area contributed by atoms with E-state index in [0.29, 0.717) is 5.56 Å². The number of nitrogens with two attached hydrogens (primary N) is 1. The van der Waals surface area contributed by atoms with Crippen LogP contribution in [0.2, 0.25) is 5.15 Å². The van der Waals surface area contributed by atoms with Crippen molar-refractivity contribution in [2.75, 3.05) is 0 Å². The van der Waals surface area contributed by atoms with Crippen LogP contribution < -0.4 is 5.73 Å². The Kier molecular flexibility index (Phi) is 3.22. The lowest BCUT2D eigenvalue weighted by molar-refractivity contribution is 0.0695. The van der Waals surface area contributed by atoms with Gasteiger partial charge >= 0.3 is 5.97 Å². The fraction of sp³-hybridized carbons (Fsp3) is 0.111. The first-order chi connectivity index (χ1) is 6.56. The molecule has 14 heavy (non-hydrogen) atoms. The van der Waals surface area contributed by atoms with E-state index < -0.39 is 12.0 Å². The third-order valence-electron chi connectivity index (χ3n) is 1.74. The number of carboxylic acids is 1. The molecule has 0 fully saturated rings. The molecule has 1 unspecified atom stereocenters. The molecule has 0 radical (unpaired) electrons. The molecule has 1 aromatic heterocycles. The minimum atomic E-state index is -1.08. The van der Waals surface area contributed by atoms with Crippen molar-refractivity contribution in [2.45, 2.75) is 6.04 Å². The maximum absolute atomic E-state index is 10.8. The lowest BCUT2D eigenvalue weighted by Crippen LogP contribution is -2.13. The van der Waals surface area contributed by atoms with Gasteiger partial charge in [0.25, 0.3) is 0 Å². The number of halogens is 1. The second-order valence-electron chi connectivity index (χ2n) is 2.66. The van der Waals surface area contributed by atoms with E-state index in [4.69, 9.17) is 22.4 Å². The summed E-state index contributed by atoms with van der Waals surface area (Å²) >= 11 is 5.57. The van der Waals surface area contributed by atoms with E-state index in [1.807, 2.05) is 0 Å². The minimum Gasteiger partial charge on any atom is -0.478 e. The first-order valence-corrected chi connectivity index (χ1v) is 4.21. The monoisotopic (exact) mass is 212 g/mol. The maximum Gasteiger partial charge on any atom is 0.336 e. The number of hydrogen-bond donors (Lipinski definition) is 2. The summed E-state index contributed by atoms with van der Waals surface area (Å²) in [5.74, 6) is -1.08. The van der Waals surface area contributed by atoms with E-state index in [9.17, 15) is 4.79 Å². The zero-order valence-electron chi connectivity index (χ0n) is 7.27. The quantitative estimate of drug-likeness (QED) is 0.590. The smallest absolute Gasteiger partial charge is 0.336 e. The van der Waals surface area contributed by atoms with Gasteiger partial charge in [0.1, 0.15) is 5.15 Å². The van der Waals surface area contributed by atoms with E-state index in [-0.39, 0.29) is 10.7 Å². The predicted molar refractivity (Wildman–Crippen MR) is 53.3 cm³/mol. The molecule has 4 nitrogen and oxygen atoms in total. The van der Waals surface area contributed by atoms with E-state index in [2.05, 4.69) is 11.6 Å². The van der Waals surface area contributed by atoms with Gasteiger partial charge in [-0.3, -0.25) is 0 Å². The molecule has 0 aliphatic heterocycles. The molecule has 1 aromatic rings. The van der Waals surface area contributed by atoms with E-state index in [1.165, 1.54) is 18.3 Å². The number of nitrogens with zero attached hydrogens (tertiary/aromatic N) is 1. The van der Waals surface area contributed by atoms with Gasteiger partial charge in [0, 0.05) is 11.8 Å². The Balaban J connectivity index is 3.28. The molecule has 0 saturated heterocycles. The van der Waals surface area contributed by atoms with E-state index in [1.54, 1.807) is 0 Å². The second kappa shape index (κ2) is 4.21. The highest BCUT2D eigenvalue weighted by atomic mass is 35.5. The van der Waals surface area contributed by atoms with Gasteiger partial charge in [-0.2, -0.15) is 0 Å². The highest BCUT2D eigenvalue weighted by Gasteiger charge is 2.14. The van der Waals surface area contributed by atoms with Crippen molar-refractivity contribution in [3.05, 3.63) is 41.2 Å². The van der Waals surface area contributed by atoms with Crippen molar-refractivity contribution in [3.8, 4) is 0 Å². The number of aromatic carboxylic acids is 1. The molecule has 0 aliphatic carbocycles. The Morgan fingerprint density at radius 1 is 1.79 bits per heavy atom. The third-order valence-corrected chi connectivity index (χ3v) is 1.95. The predicted octanol–water partition coefficient (Wildman–Crippen LogP) is 1.62. The number of hydrogen-bond acceptors (Lipinski definition) is 3. The zero-order valence-corrected chi connectivity index (χ0v) is 8.03. The van der Waals surface area contributed by atoms with Crippen molar-refractivity contribution in [1.82, 2.24) is 4.98 Å². The van der Waals surface area contributed by atoms with Gasteiger partial charge in [0.15, 0.2) is 0 Å². The van der Waals surface area contributed by atoms with Crippen LogP contribution >= 0.6 is 11.6 Å². The summed E-state index contributed by atoms with van der Waals surface area (Å²) in [5.41, 5.74) is 6.07. The Hall–Kier alpha value is -1.39. The molecular weight excluding hydrogens is 204 g/mol. The molecular formula is C9H9ClN2O2. The van der Waals surface area contributed by atoms with Crippen molar-refractivity contribution < 1.29 is 9.90 Å². The van der Waals surface area contributed by atoms with Gasteiger partial charge in [-0.1, -0.05) is 17.7 Å². The molecule has 1 atom stereocenters. The molecule has 5 heteroatoms. The first kappa shape index (κ1) is 10.7. The average Bonchev–Trinajstić information content (AvgIpc) is 2.16. The van der Waals surface area contributed by atoms with Gasteiger partial charge < -0.3 is 10.8 Å². The molecule has 0 saturated carbocycles. The number of pyridine rings is 1. The lowest BCUT2D eigenvalue weighted by Gasteiger charge is -2.09. The zero-order chi connectivity index (χ0) is 10.7. The Morgan fingerprint density at radius 2 is 2.43 bits per heavy atom. The molecule has 74 valence electrons. The summed E-state index contributed by atoms with van der Waals surface area (Å²) < 4.78 is 0. The highest BCUT2D eigenvalue weighted by Crippen LogP contribution is 2.19. The van der Waals surface area contributed by atoms with Crippen molar-refractivity contribution in [2.24, 2.45) is 5.73 Å². The Labute approximate surface area is 86.0 Å². The van der Waals surface area contributed by atoms with Crippen LogP contribution in [0.15, 0.2) is 24.9 Å². The van der Waals surface area contributed by atoms with Gasteiger partial charge in [-0.05, 0) is 6.07 Å². The largest absolute Gasteiger partial charge is 0.478 e. The molecule has 0 bridgehead atoms. The standard InChI is InChI=1S/C9H9ClN2O2/c1-2-7(11)6-4-12-8(10)3-5(6)9(13)14/h2-4,7H,1,11H2,(H,13,14). The topological polar surface area (TPSA) is 76.2 Å². The summed E-state index contributed by atoms with van der Waals surface area (Å²) in [6.07, 6.45) is 2.79. The van der Waals surface area contributed by atoms with Crippen LogP contribution in [0.1, 0.15) is 22.0 Å². The van der Waals surface area contributed by atoms with Crippen LogP contribution in [-0.2, 0) is 0 Å². The third kappa shape index (κ3) is 2.10. The van der Waals surface area contributed by atoms with Gasteiger partial charge in [-0.15, -0.1) is 6.58 Å². The van der Waals surface area contributed by atoms with Gasteiger partial charge in [0.2, 0.25) is 0 Å². The molecule has 1 rings (SSSR count). The molecule has 0 aliphatic rings. The SMILES string of the molecule is C=CC(N)c1cnc(Cl)cc1C(=O)O. The fourth-order valence-electron chi connectivity index (χ4n) is 1.02. The number of carbonyl (C=O) groups is 1. The average molecular weight is 213 g/mol. The minimum absolute atomic E-state index is 0.0531. The van der Waals surface area contributed by atoms with Crippen LogP contribution in [0.5, 0.6) is 0 Å². The lowest BCUT2D eigenvalue weighted by atomic mass is 10.0. The summed E-state index contributed by atoms with van der Waals surface area (Å²) in [7, 11) is 0. The summed E-state index contributed by atoms with van der Waals surface area (Å²) in [5, 5.41) is 8.99. The van der Waals surface area contributed by atoms with Crippen molar-refractivity contribution >= 4 is 17.6 Å². The number of aromatic nitrogens is 1. The van der Waals surface area contributed by atoms with Crippen LogP contribution in [0.4, 0.5) is 0 Å². The van der Waals surface area contributed by atoms with Crippen LogP contribution in [-0.4, -0.2) is 16.1 Å². The molecule has 0 amide bonds. The Morgan fingerprint density at radius 3 is 2.93 bits per heavy atom.